The molecule has 0 radical (unpaired) electrons. The number of benzene rings is 1. The van der Waals surface area contributed by atoms with Crippen LogP contribution >= 0.6 is 11.3 Å². The van der Waals surface area contributed by atoms with Gasteiger partial charge in [0.25, 0.3) is 0 Å². The molecule has 0 spiro atoms. The van der Waals surface area contributed by atoms with E-state index in [1.54, 1.807) is 35.9 Å². The minimum Gasteiger partial charge on any atom is -0.508 e. The number of nitrogens with zero attached hydrogens (tertiary/aromatic N) is 2. The summed E-state index contributed by atoms with van der Waals surface area (Å²) in [6, 6.07) is 11.0. The van der Waals surface area contributed by atoms with Crippen LogP contribution in [0.1, 0.15) is 0 Å². The summed E-state index contributed by atoms with van der Waals surface area (Å²) in [5, 5.41) is 12.4. The molecule has 88 valence electrons. The van der Waals surface area contributed by atoms with Gasteiger partial charge in [0.15, 0.2) is 0 Å². The summed E-state index contributed by atoms with van der Waals surface area (Å²) >= 11 is 1.56. The molecule has 0 aliphatic rings. The second-order valence-corrected chi connectivity index (χ2v) is 4.68. The number of hydrogen-bond donors (Lipinski definition) is 1. The summed E-state index contributed by atoms with van der Waals surface area (Å²) in [5.41, 5.74) is 2.91. The van der Waals surface area contributed by atoms with Gasteiger partial charge in [0.1, 0.15) is 10.8 Å². The summed E-state index contributed by atoms with van der Waals surface area (Å²) < 4.78 is 0. The largest absolute Gasteiger partial charge is 0.508 e. The molecule has 0 aliphatic heterocycles. The molecule has 2 heterocycles. The van der Waals surface area contributed by atoms with E-state index in [9.17, 15) is 5.11 Å². The molecule has 0 saturated carbocycles. The Labute approximate surface area is 108 Å². The molecular weight excluding hydrogens is 244 g/mol. The number of thiazole rings is 1. The van der Waals surface area contributed by atoms with Crippen LogP contribution in [0.4, 0.5) is 0 Å². The normalized spacial score (nSPS) is 10.4. The molecule has 0 bridgehead atoms. The zero-order valence-electron chi connectivity index (χ0n) is 9.45. The number of rotatable bonds is 2. The molecule has 1 N–H and O–H groups in total. The van der Waals surface area contributed by atoms with Crippen molar-refractivity contribution >= 4 is 11.3 Å². The molecule has 0 amide bonds. The van der Waals surface area contributed by atoms with E-state index in [1.165, 1.54) is 0 Å². The second kappa shape index (κ2) is 4.58. The van der Waals surface area contributed by atoms with Gasteiger partial charge in [0, 0.05) is 28.9 Å². The minimum absolute atomic E-state index is 0.258. The Hall–Kier alpha value is -2.20. The van der Waals surface area contributed by atoms with E-state index in [-0.39, 0.29) is 5.75 Å². The van der Waals surface area contributed by atoms with Crippen molar-refractivity contribution in [3.05, 3.63) is 54.2 Å². The monoisotopic (exact) mass is 254 g/mol. The van der Waals surface area contributed by atoms with E-state index < -0.39 is 0 Å². The molecule has 3 nitrogen and oxygen atoms in total. The Bertz CT molecular complexity index is 664. The molecule has 4 heteroatoms. The van der Waals surface area contributed by atoms with Crippen LogP contribution in [-0.2, 0) is 0 Å². The van der Waals surface area contributed by atoms with Gasteiger partial charge in [-0.3, -0.25) is 4.98 Å². The standard InChI is InChI=1S/C14H10N2OS/c17-12-3-1-2-11(8-12)14-16-13(9-18-14)10-4-6-15-7-5-10/h1-9,17H. The molecule has 0 unspecified atom stereocenters. The average molecular weight is 254 g/mol. The predicted molar refractivity (Wildman–Crippen MR) is 72.4 cm³/mol. The highest BCUT2D eigenvalue weighted by Gasteiger charge is 2.06. The zero-order valence-corrected chi connectivity index (χ0v) is 10.3. The van der Waals surface area contributed by atoms with Crippen LogP contribution in [0.2, 0.25) is 0 Å². The van der Waals surface area contributed by atoms with Gasteiger partial charge in [0.2, 0.25) is 0 Å². The first-order chi connectivity index (χ1) is 8.83. The fourth-order valence-corrected chi connectivity index (χ4v) is 2.53. The predicted octanol–water partition coefficient (Wildman–Crippen LogP) is 3.58. The van der Waals surface area contributed by atoms with Gasteiger partial charge in [-0.15, -0.1) is 11.3 Å². The first-order valence-electron chi connectivity index (χ1n) is 5.48. The highest BCUT2D eigenvalue weighted by atomic mass is 32.1. The molecule has 3 aromatic rings. The summed E-state index contributed by atoms with van der Waals surface area (Å²) in [7, 11) is 0. The van der Waals surface area contributed by atoms with Gasteiger partial charge in [-0.25, -0.2) is 4.98 Å². The quantitative estimate of drug-likeness (QED) is 0.760. The molecule has 18 heavy (non-hydrogen) atoms. The third-order valence-electron chi connectivity index (χ3n) is 2.57. The van der Waals surface area contributed by atoms with Gasteiger partial charge in [-0.1, -0.05) is 12.1 Å². The van der Waals surface area contributed by atoms with Crippen LogP contribution in [0.5, 0.6) is 5.75 Å². The highest BCUT2D eigenvalue weighted by Crippen LogP contribution is 2.29. The van der Waals surface area contributed by atoms with Gasteiger partial charge in [-0.05, 0) is 24.3 Å². The van der Waals surface area contributed by atoms with E-state index in [1.807, 2.05) is 29.6 Å². The van der Waals surface area contributed by atoms with E-state index in [4.69, 9.17) is 0 Å². The highest BCUT2D eigenvalue weighted by molar-refractivity contribution is 7.13. The van der Waals surface area contributed by atoms with Crippen LogP contribution in [0, 0.1) is 0 Å². The van der Waals surface area contributed by atoms with E-state index in [0.29, 0.717) is 0 Å². The smallest absolute Gasteiger partial charge is 0.124 e. The summed E-state index contributed by atoms with van der Waals surface area (Å²) in [4.78, 5) is 8.56. The Balaban J connectivity index is 2.00. The maximum absolute atomic E-state index is 9.47. The number of phenolic OH excluding ortho intramolecular Hbond substituents is 1. The average Bonchev–Trinajstić information content (AvgIpc) is 2.89. The molecule has 1 aromatic carbocycles. The van der Waals surface area contributed by atoms with Crippen molar-refractivity contribution in [2.24, 2.45) is 0 Å². The fraction of sp³-hybridized carbons (Fsp3) is 0. The van der Waals surface area contributed by atoms with Crippen molar-refractivity contribution < 1.29 is 5.11 Å². The van der Waals surface area contributed by atoms with E-state index >= 15 is 0 Å². The number of aromatic hydroxyl groups is 1. The Morgan fingerprint density at radius 1 is 1.00 bits per heavy atom. The van der Waals surface area contributed by atoms with Gasteiger partial charge in [0.05, 0.1) is 5.69 Å². The summed E-state index contributed by atoms with van der Waals surface area (Å²) in [6.07, 6.45) is 3.51. The Kier molecular flexibility index (Phi) is 2.78. The lowest BCUT2D eigenvalue weighted by atomic mass is 10.2. The number of hydrogen-bond acceptors (Lipinski definition) is 4. The van der Waals surface area contributed by atoms with Crippen molar-refractivity contribution in [3.63, 3.8) is 0 Å². The second-order valence-electron chi connectivity index (χ2n) is 3.82. The molecule has 0 atom stereocenters. The van der Waals surface area contributed by atoms with Gasteiger partial charge < -0.3 is 5.11 Å². The lowest BCUT2D eigenvalue weighted by molar-refractivity contribution is 0.475. The fourth-order valence-electron chi connectivity index (χ4n) is 1.70. The summed E-state index contributed by atoms with van der Waals surface area (Å²) in [5.74, 6) is 0.258. The van der Waals surface area contributed by atoms with Gasteiger partial charge in [-0.2, -0.15) is 0 Å². The molecular formula is C14H10N2OS. The number of aromatic nitrogens is 2. The van der Waals surface area contributed by atoms with E-state index in [0.717, 1.165) is 21.8 Å². The number of phenols is 1. The van der Waals surface area contributed by atoms with Crippen LogP contribution in [-0.4, -0.2) is 15.1 Å². The van der Waals surface area contributed by atoms with Crippen molar-refractivity contribution in [3.8, 4) is 27.6 Å². The van der Waals surface area contributed by atoms with Crippen LogP contribution < -0.4 is 0 Å². The molecule has 3 rings (SSSR count). The zero-order chi connectivity index (χ0) is 12.4. The van der Waals surface area contributed by atoms with Crippen molar-refractivity contribution in [2.45, 2.75) is 0 Å². The molecule has 0 saturated heterocycles. The molecule has 0 fully saturated rings. The summed E-state index contributed by atoms with van der Waals surface area (Å²) in [6.45, 7) is 0. The molecule has 2 aromatic heterocycles. The molecule has 0 aliphatic carbocycles. The van der Waals surface area contributed by atoms with Crippen molar-refractivity contribution in [1.82, 2.24) is 9.97 Å². The topological polar surface area (TPSA) is 46.0 Å². The Morgan fingerprint density at radius 2 is 1.83 bits per heavy atom. The van der Waals surface area contributed by atoms with Crippen LogP contribution in [0.3, 0.4) is 0 Å². The lowest BCUT2D eigenvalue weighted by Gasteiger charge is -1.97. The maximum atomic E-state index is 9.47. The Morgan fingerprint density at radius 3 is 2.61 bits per heavy atom. The lowest BCUT2D eigenvalue weighted by Crippen LogP contribution is -1.80. The van der Waals surface area contributed by atoms with Crippen molar-refractivity contribution in [1.29, 1.82) is 0 Å². The first kappa shape index (κ1) is 10.9. The third kappa shape index (κ3) is 2.10. The van der Waals surface area contributed by atoms with Crippen molar-refractivity contribution in [2.75, 3.05) is 0 Å². The van der Waals surface area contributed by atoms with Gasteiger partial charge >= 0.3 is 0 Å². The maximum Gasteiger partial charge on any atom is 0.124 e. The minimum atomic E-state index is 0.258. The number of pyridine rings is 1. The van der Waals surface area contributed by atoms with Crippen LogP contribution in [0.15, 0.2) is 54.2 Å². The van der Waals surface area contributed by atoms with Crippen LogP contribution in [0.25, 0.3) is 21.8 Å². The van der Waals surface area contributed by atoms with E-state index in [2.05, 4.69) is 9.97 Å². The third-order valence-corrected chi connectivity index (χ3v) is 3.46. The first-order valence-corrected chi connectivity index (χ1v) is 6.36. The SMILES string of the molecule is Oc1cccc(-c2nc(-c3ccncc3)cs2)c1.